The lowest BCUT2D eigenvalue weighted by Gasteiger charge is -2.12. The molecule has 1 atom stereocenters. The van der Waals surface area contributed by atoms with Gasteiger partial charge in [0.1, 0.15) is 28.9 Å². The van der Waals surface area contributed by atoms with Crippen LogP contribution in [0.2, 0.25) is 0 Å². The number of nitriles is 1. The highest BCUT2D eigenvalue weighted by molar-refractivity contribution is 5.91. The van der Waals surface area contributed by atoms with Crippen molar-refractivity contribution >= 4 is 16.9 Å². The number of ether oxygens (including phenoxy) is 2. The second-order valence-corrected chi connectivity index (χ2v) is 6.84. The van der Waals surface area contributed by atoms with Gasteiger partial charge in [0.2, 0.25) is 0 Å². The molecule has 0 aliphatic carbocycles. The third-order valence-electron chi connectivity index (χ3n) is 5.10. The van der Waals surface area contributed by atoms with Gasteiger partial charge in [-0.2, -0.15) is 5.26 Å². The first-order valence-corrected chi connectivity index (χ1v) is 9.19. The lowest BCUT2D eigenvalue weighted by atomic mass is 10.1. The molecule has 0 saturated heterocycles. The lowest BCUT2D eigenvalue weighted by molar-refractivity contribution is 0.0783. The molecule has 2 aromatic carbocycles. The van der Waals surface area contributed by atoms with E-state index in [0.29, 0.717) is 29.5 Å². The Labute approximate surface area is 166 Å². The third-order valence-corrected chi connectivity index (χ3v) is 5.10. The van der Waals surface area contributed by atoms with E-state index in [1.165, 1.54) is 6.33 Å². The van der Waals surface area contributed by atoms with Gasteiger partial charge in [0.05, 0.1) is 30.0 Å². The van der Waals surface area contributed by atoms with Gasteiger partial charge in [-0.3, -0.25) is 0 Å². The van der Waals surface area contributed by atoms with E-state index >= 15 is 0 Å². The predicted molar refractivity (Wildman–Crippen MR) is 108 cm³/mol. The molecule has 2 aromatic heterocycles. The molecule has 1 aliphatic heterocycles. The third kappa shape index (κ3) is 2.78. The monoisotopic (exact) mass is 383 g/mol. The van der Waals surface area contributed by atoms with Crippen LogP contribution in [0.4, 0.5) is 5.82 Å². The molecule has 3 heterocycles. The molecule has 4 aromatic rings. The maximum Gasteiger partial charge on any atom is 0.151 e. The fourth-order valence-corrected chi connectivity index (χ4v) is 3.74. The number of rotatable bonds is 3. The molecule has 1 aliphatic rings. The summed E-state index contributed by atoms with van der Waals surface area (Å²) in [5, 5.41) is 8.90. The van der Waals surface area contributed by atoms with Crippen LogP contribution in [0.3, 0.4) is 0 Å². The lowest BCUT2D eigenvalue weighted by Crippen LogP contribution is -2.03. The first-order chi connectivity index (χ1) is 14.2. The molecule has 0 fully saturated rings. The first kappa shape index (κ1) is 17.2. The second-order valence-electron chi connectivity index (χ2n) is 6.84. The average Bonchev–Trinajstić information content (AvgIpc) is 3.28. The van der Waals surface area contributed by atoms with Crippen molar-refractivity contribution in [2.75, 3.05) is 5.73 Å². The smallest absolute Gasteiger partial charge is 0.151 e. The highest BCUT2D eigenvalue weighted by Gasteiger charge is 2.30. The van der Waals surface area contributed by atoms with Crippen molar-refractivity contribution in [3.8, 4) is 23.3 Å². The fraction of sp³-hybridized carbons (Fsp3) is 0.136. The van der Waals surface area contributed by atoms with Crippen molar-refractivity contribution in [1.29, 1.82) is 5.26 Å². The Morgan fingerprint density at radius 2 is 1.79 bits per heavy atom. The molecule has 142 valence electrons. The Morgan fingerprint density at radius 1 is 1.10 bits per heavy atom. The zero-order chi connectivity index (χ0) is 20.0. The minimum Gasteiger partial charge on any atom is -0.457 e. The van der Waals surface area contributed by atoms with Gasteiger partial charge in [-0.05, 0) is 55.5 Å². The van der Waals surface area contributed by atoms with Crippen LogP contribution in [0.25, 0.3) is 16.7 Å². The number of nitrogens with zero attached hydrogens (tertiary/aromatic N) is 4. The van der Waals surface area contributed by atoms with E-state index in [-0.39, 0.29) is 6.10 Å². The summed E-state index contributed by atoms with van der Waals surface area (Å²) >= 11 is 0. The maximum absolute atomic E-state index is 8.90. The van der Waals surface area contributed by atoms with E-state index in [2.05, 4.69) is 20.6 Å². The molecule has 29 heavy (non-hydrogen) atoms. The largest absolute Gasteiger partial charge is 0.457 e. The average molecular weight is 383 g/mol. The zero-order valence-corrected chi connectivity index (χ0v) is 15.7. The predicted octanol–water partition coefficient (Wildman–Crippen LogP) is 4.26. The van der Waals surface area contributed by atoms with Crippen LogP contribution in [0.1, 0.15) is 29.8 Å². The van der Waals surface area contributed by atoms with Gasteiger partial charge in [0.15, 0.2) is 5.82 Å². The Kier molecular flexibility index (Phi) is 3.93. The molecule has 0 bridgehead atoms. The highest BCUT2D eigenvalue weighted by Crippen LogP contribution is 2.40. The molecule has 1 unspecified atom stereocenters. The summed E-state index contributed by atoms with van der Waals surface area (Å²) in [6.07, 6.45) is 1.45. The first-order valence-electron chi connectivity index (χ1n) is 9.19. The van der Waals surface area contributed by atoms with Crippen molar-refractivity contribution in [3.05, 3.63) is 71.7 Å². The maximum atomic E-state index is 8.90. The van der Waals surface area contributed by atoms with E-state index in [9.17, 15) is 0 Å². The molecule has 0 radical (unpaired) electrons. The molecular formula is C22H17N5O2. The second kappa shape index (κ2) is 6.62. The number of aromatic nitrogens is 3. The minimum absolute atomic E-state index is 0.0398. The van der Waals surface area contributed by atoms with Gasteiger partial charge in [0, 0.05) is 11.3 Å². The molecule has 5 rings (SSSR count). The molecule has 7 nitrogen and oxygen atoms in total. The van der Waals surface area contributed by atoms with Crippen LogP contribution in [0, 0.1) is 11.3 Å². The van der Waals surface area contributed by atoms with Crippen molar-refractivity contribution in [3.63, 3.8) is 0 Å². The summed E-state index contributed by atoms with van der Waals surface area (Å²) in [6, 6.07) is 16.8. The van der Waals surface area contributed by atoms with E-state index < -0.39 is 0 Å². The summed E-state index contributed by atoms with van der Waals surface area (Å²) in [5.74, 6) is 1.80. The normalized spacial score (nSPS) is 15.2. The van der Waals surface area contributed by atoms with Crippen LogP contribution in [-0.4, -0.2) is 14.5 Å². The van der Waals surface area contributed by atoms with Crippen molar-refractivity contribution < 1.29 is 9.47 Å². The van der Waals surface area contributed by atoms with Crippen LogP contribution >= 0.6 is 0 Å². The summed E-state index contributed by atoms with van der Waals surface area (Å²) in [7, 11) is 0. The minimum atomic E-state index is -0.0398. The Hall–Kier alpha value is -3.89. The number of hydrogen-bond acceptors (Lipinski definition) is 6. The van der Waals surface area contributed by atoms with E-state index in [0.717, 1.165) is 28.0 Å². The SMILES string of the molecule is CC1OCc2c1c1ncnc(N)c1n2-c1ccc(Oc2ccc(C#N)cc2)cc1. The van der Waals surface area contributed by atoms with E-state index in [1.54, 1.807) is 24.3 Å². The van der Waals surface area contributed by atoms with Crippen molar-refractivity contribution in [2.24, 2.45) is 0 Å². The van der Waals surface area contributed by atoms with E-state index in [4.69, 9.17) is 20.5 Å². The number of anilines is 1. The van der Waals surface area contributed by atoms with Gasteiger partial charge >= 0.3 is 0 Å². The van der Waals surface area contributed by atoms with Crippen molar-refractivity contribution in [2.45, 2.75) is 19.6 Å². The van der Waals surface area contributed by atoms with Gasteiger partial charge in [0.25, 0.3) is 0 Å². The van der Waals surface area contributed by atoms with Gasteiger partial charge in [-0.25, -0.2) is 9.97 Å². The Balaban J connectivity index is 1.54. The number of hydrogen-bond donors (Lipinski definition) is 1. The Bertz CT molecular complexity index is 1250. The molecule has 0 amide bonds. The topological polar surface area (TPSA) is 99.0 Å². The quantitative estimate of drug-likeness (QED) is 0.567. The number of fused-ring (bicyclic) bond motifs is 3. The van der Waals surface area contributed by atoms with Crippen LogP contribution in [0.5, 0.6) is 11.5 Å². The zero-order valence-electron chi connectivity index (χ0n) is 15.7. The Morgan fingerprint density at radius 3 is 2.48 bits per heavy atom. The van der Waals surface area contributed by atoms with Crippen LogP contribution < -0.4 is 10.5 Å². The molecule has 7 heteroatoms. The molecule has 2 N–H and O–H groups in total. The van der Waals surface area contributed by atoms with E-state index in [1.807, 2.05) is 31.2 Å². The molecule has 0 spiro atoms. The number of nitrogen functional groups attached to an aromatic ring is 1. The van der Waals surface area contributed by atoms with Crippen LogP contribution in [0.15, 0.2) is 54.9 Å². The van der Waals surface area contributed by atoms with Crippen LogP contribution in [-0.2, 0) is 11.3 Å². The van der Waals surface area contributed by atoms with Gasteiger partial charge in [-0.15, -0.1) is 0 Å². The summed E-state index contributed by atoms with van der Waals surface area (Å²) < 4.78 is 13.8. The van der Waals surface area contributed by atoms with Crippen molar-refractivity contribution in [1.82, 2.24) is 14.5 Å². The standard InChI is InChI=1S/C22H17N5O2/c1-13-19-18(11-28-13)27(21-20(19)25-12-26-22(21)24)15-4-8-17(9-5-15)29-16-6-2-14(10-23)3-7-16/h2-9,12-13H,11H2,1H3,(H2,24,25,26). The molecular weight excluding hydrogens is 366 g/mol. The highest BCUT2D eigenvalue weighted by atomic mass is 16.5. The number of benzene rings is 2. The van der Waals surface area contributed by atoms with Gasteiger partial charge < -0.3 is 19.8 Å². The fourth-order valence-electron chi connectivity index (χ4n) is 3.74. The summed E-state index contributed by atoms with van der Waals surface area (Å²) in [4.78, 5) is 8.63. The summed E-state index contributed by atoms with van der Waals surface area (Å²) in [6.45, 7) is 2.51. The summed E-state index contributed by atoms with van der Waals surface area (Å²) in [5.41, 5.74) is 11.5. The van der Waals surface area contributed by atoms with Gasteiger partial charge in [-0.1, -0.05) is 0 Å². The molecule has 0 saturated carbocycles. The number of nitrogens with two attached hydrogens (primary N) is 1.